The minimum Gasteiger partial charge on any atom is -0.477 e. The van der Waals surface area contributed by atoms with Crippen LogP contribution in [0.15, 0.2) is 0 Å². The van der Waals surface area contributed by atoms with E-state index in [1.165, 1.54) is 4.68 Å². The molecule has 0 amide bonds. The van der Waals surface area contributed by atoms with Crippen LogP contribution in [-0.2, 0) is 19.5 Å². The molecule has 0 fully saturated rings. The molecule has 82 valence electrons. The molecule has 0 atom stereocenters. The van der Waals surface area contributed by atoms with Gasteiger partial charge in [0, 0.05) is 12.1 Å². The lowest BCUT2D eigenvalue weighted by Gasteiger charge is -2.11. The van der Waals surface area contributed by atoms with E-state index in [9.17, 15) is 4.79 Å². The number of aliphatic hydroxyl groups is 1. The van der Waals surface area contributed by atoms with E-state index in [4.69, 9.17) is 10.2 Å². The van der Waals surface area contributed by atoms with Gasteiger partial charge in [-0.25, -0.2) is 4.79 Å². The summed E-state index contributed by atoms with van der Waals surface area (Å²) >= 11 is 0. The van der Waals surface area contributed by atoms with Crippen LogP contribution in [0.2, 0.25) is 0 Å². The lowest BCUT2D eigenvalue weighted by Crippen LogP contribution is -2.24. The fourth-order valence-corrected chi connectivity index (χ4v) is 1.87. The third-order valence-electron chi connectivity index (χ3n) is 2.49. The largest absolute Gasteiger partial charge is 0.477 e. The summed E-state index contributed by atoms with van der Waals surface area (Å²) in [5.41, 5.74) is 1.81. The summed E-state index contributed by atoms with van der Waals surface area (Å²) in [5.74, 6) is -0.973. The average molecular weight is 211 g/mol. The van der Waals surface area contributed by atoms with E-state index in [0.29, 0.717) is 13.0 Å². The van der Waals surface area contributed by atoms with Gasteiger partial charge in [-0.3, -0.25) is 4.68 Å². The Morgan fingerprint density at radius 3 is 3.07 bits per heavy atom. The van der Waals surface area contributed by atoms with E-state index in [-0.39, 0.29) is 18.8 Å². The van der Waals surface area contributed by atoms with Gasteiger partial charge in [-0.15, -0.1) is 0 Å². The summed E-state index contributed by atoms with van der Waals surface area (Å²) in [4.78, 5) is 11.1. The smallest absolute Gasteiger partial charge is 0.354 e. The van der Waals surface area contributed by atoms with Gasteiger partial charge in [0.05, 0.1) is 18.8 Å². The van der Waals surface area contributed by atoms with Crippen molar-refractivity contribution in [1.29, 1.82) is 0 Å². The lowest BCUT2D eigenvalue weighted by atomic mass is 10.1. The number of carbonyl (C=O) groups is 1. The van der Waals surface area contributed by atoms with Crippen molar-refractivity contribution in [2.45, 2.75) is 19.5 Å². The van der Waals surface area contributed by atoms with Gasteiger partial charge in [0.15, 0.2) is 0 Å². The van der Waals surface area contributed by atoms with Crippen LogP contribution in [-0.4, -0.2) is 39.1 Å². The number of aromatic carboxylic acids is 1. The van der Waals surface area contributed by atoms with Gasteiger partial charge in [0.1, 0.15) is 5.69 Å². The molecular weight excluding hydrogens is 198 g/mol. The SMILES string of the molecule is O=C(O)c1c2c(nn1CCO)CNCC2. The molecule has 1 aromatic heterocycles. The summed E-state index contributed by atoms with van der Waals surface area (Å²) in [5, 5.41) is 25.2. The fraction of sp³-hybridized carbons (Fsp3) is 0.556. The Hall–Kier alpha value is -1.40. The Morgan fingerprint density at radius 1 is 1.60 bits per heavy atom. The number of fused-ring (bicyclic) bond motifs is 1. The maximum atomic E-state index is 11.1. The topological polar surface area (TPSA) is 87.4 Å². The number of carboxylic acids is 1. The van der Waals surface area contributed by atoms with Crippen LogP contribution < -0.4 is 5.32 Å². The Kier molecular flexibility index (Phi) is 2.70. The van der Waals surface area contributed by atoms with E-state index in [0.717, 1.165) is 17.8 Å². The van der Waals surface area contributed by atoms with E-state index in [2.05, 4.69) is 10.4 Å². The second kappa shape index (κ2) is 4.00. The van der Waals surface area contributed by atoms with Crippen molar-refractivity contribution in [3.05, 3.63) is 17.0 Å². The summed E-state index contributed by atoms with van der Waals surface area (Å²) in [6, 6.07) is 0. The monoisotopic (exact) mass is 211 g/mol. The Bertz CT molecular complexity index is 386. The minimum atomic E-state index is -0.973. The molecule has 0 aromatic carbocycles. The molecule has 0 saturated carbocycles. The molecular formula is C9H13N3O3. The zero-order chi connectivity index (χ0) is 10.8. The van der Waals surface area contributed by atoms with Crippen LogP contribution in [0.4, 0.5) is 0 Å². The Balaban J connectivity index is 2.46. The first kappa shape index (κ1) is 10.1. The molecule has 1 aromatic rings. The average Bonchev–Trinajstić information content (AvgIpc) is 2.56. The molecule has 0 aliphatic carbocycles. The summed E-state index contributed by atoms with van der Waals surface area (Å²) < 4.78 is 1.38. The molecule has 0 saturated heterocycles. The zero-order valence-electron chi connectivity index (χ0n) is 8.23. The first-order valence-electron chi connectivity index (χ1n) is 4.87. The third-order valence-corrected chi connectivity index (χ3v) is 2.49. The number of aromatic nitrogens is 2. The molecule has 15 heavy (non-hydrogen) atoms. The highest BCUT2D eigenvalue weighted by Gasteiger charge is 2.24. The third kappa shape index (κ3) is 1.73. The molecule has 2 rings (SSSR count). The number of aliphatic hydroxyl groups excluding tert-OH is 1. The van der Waals surface area contributed by atoms with Crippen molar-refractivity contribution >= 4 is 5.97 Å². The van der Waals surface area contributed by atoms with Gasteiger partial charge in [-0.2, -0.15) is 5.10 Å². The molecule has 6 nitrogen and oxygen atoms in total. The van der Waals surface area contributed by atoms with Crippen molar-refractivity contribution in [3.8, 4) is 0 Å². The number of nitrogens with zero attached hydrogens (tertiary/aromatic N) is 2. The van der Waals surface area contributed by atoms with Gasteiger partial charge in [-0.1, -0.05) is 0 Å². The lowest BCUT2D eigenvalue weighted by molar-refractivity contribution is 0.0680. The Labute approximate surface area is 86.5 Å². The molecule has 6 heteroatoms. The highest BCUT2D eigenvalue weighted by molar-refractivity contribution is 5.87. The quantitative estimate of drug-likeness (QED) is 0.610. The molecule has 0 bridgehead atoms. The number of hydrogen-bond donors (Lipinski definition) is 3. The van der Waals surface area contributed by atoms with Crippen molar-refractivity contribution in [3.63, 3.8) is 0 Å². The van der Waals surface area contributed by atoms with E-state index in [1.54, 1.807) is 0 Å². The normalized spacial score (nSPS) is 15.0. The second-order valence-electron chi connectivity index (χ2n) is 3.45. The maximum Gasteiger partial charge on any atom is 0.354 e. The highest BCUT2D eigenvalue weighted by Crippen LogP contribution is 2.18. The predicted octanol–water partition coefficient (Wildman–Crippen LogP) is -0.781. The number of nitrogens with one attached hydrogen (secondary N) is 1. The van der Waals surface area contributed by atoms with Gasteiger partial charge in [0.2, 0.25) is 0 Å². The summed E-state index contributed by atoms with van der Waals surface area (Å²) in [6.45, 7) is 1.51. The molecule has 2 heterocycles. The molecule has 3 N–H and O–H groups in total. The highest BCUT2D eigenvalue weighted by atomic mass is 16.4. The minimum absolute atomic E-state index is 0.103. The number of carboxylic acid groups (broad SMARTS) is 1. The van der Waals surface area contributed by atoms with Gasteiger partial charge >= 0.3 is 5.97 Å². The zero-order valence-corrected chi connectivity index (χ0v) is 8.23. The van der Waals surface area contributed by atoms with Crippen molar-refractivity contribution in [2.75, 3.05) is 13.2 Å². The molecule has 0 unspecified atom stereocenters. The van der Waals surface area contributed by atoms with E-state index in [1.807, 2.05) is 0 Å². The van der Waals surface area contributed by atoms with Crippen molar-refractivity contribution in [1.82, 2.24) is 15.1 Å². The van der Waals surface area contributed by atoms with Crippen LogP contribution in [0.25, 0.3) is 0 Å². The van der Waals surface area contributed by atoms with Crippen LogP contribution in [0.1, 0.15) is 21.7 Å². The van der Waals surface area contributed by atoms with Crippen LogP contribution >= 0.6 is 0 Å². The summed E-state index contributed by atoms with van der Waals surface area (Å²) in [7, 11) is 0. The van der Waals surface area contributed by atoms with Crippen molar-refractivity contribution in [2.24, 2.45) is 0 Å². The maximum absolute atomic E-state index is 11.1. The van der Waals surface area contributed by atoms with Gasteiger partial charge in [-0.05, 0) is 13.0 Å². The van der Waals surface area contributed by atoms with Gasteiger partial charge in [0.25, 0.3) is 0 Å². The second-order valence-corrected chi connectivity index (χ2v) is 3.45. The van der Waals surface area contributed by atoms with Crippen LogP contribution in [0.5, 0.6) is 0 Å². The molecule has 0 spiro atoms. The number of rotatable bonds is 3. The standard InChI is InChI=1S/C9H13N3O3/c13-4-3-12-8(9(14)15)6-1-2-10-5-7(6)11-12/h10,13H,1-5H2,(H,14,15). The van der Waals surface area contributed by atoms with Crippen LogP contribution in [0, 0.1) is 0 Å². The first-order valence-corrected chi connectivity index (χ1v) is 4.87. The fourth-order valence-electron chi connectivity index (χ4n) is 1.87. The molecule has 1 aliphatic heterocycles. The van der Waals surface area contributed by atoms with E-state index < -0.39 is 5.97 Å². The number of hydrogen-bond acceptors (Lipinski definition) is 4. The Morgan fingerprint density at radius 2 is 2.40 bits per heavy atom. The molecule has 0 radical (unpaired) electrons. The van der Waals surface area contributed by atoms with E-state index >= 15 is 0 Å². The summed E-state index contributed by atoms with van der Waals surface area (Å²) in [6.07, 6.45) is 0.683. The van der Waals surface area contributed by atoms with Crippen molar-refractivity contribution < 1.29 is 15.0 Å². The first-order chi connectivity index (χ1) is 7.24. The molecule has 1 aliphatic rings. The van der Waals surface area contributed by atoms with Gasteiger partial charge < -0.3 is 15.5 Å². The predicted molar refractivity (Wildman–Crippen MR) is 51.7 cm³/mol. The van der Waals surface area contributed by atoms with Crippen LogP contribution in [0.3, 0.4) is 0 Å².